The summed E-state index contributed by atoms with van der Waals surface area (Å²) in [6, 6.07) is 9.55. The van der Waals surface area contributed by atoms with E-state index in [4.69, 9.17) is 9.84 Å². The van der Waals surface area contributed by atoms with Crippen LogP contribution in [0.5, 0.6) is 0 Å². The molecular weight excluding hydrogens is 256 g/mol. The van der Waals surface area contributed by atoms with Crippen molar-refractivity contribution in [2.45, 2.75) is 39.5 Å². The van der Waals surface area contributed by atoms with E-state index in [-0.39, 0.29) is 24.9 Å². The van der Waals surface area contributed by atoms with E-state index in [2.05, 4.69) is 0 Å². The normalized spacial score (nSPS) is 12.8. The van der Waals surface area contributed by atoms with Crippen molar-refractivity contribution < 1.29 is 19.4 Å². The molecule has 1 rings (SSSR count). The van der Waals surface area contributed by atoms with Crippen LogP contribution < -0.4 is 0 Å². The Labute approximate surface area is 119 Å². The number of hydrogen-bond acceptors (Lipinski definition) is 3. The van der Waals surface area contributed by atoms with Gasteiger partial charge in [0.2, 0.25) is 0 Å². The van der Waals surface area contributed by atoms with Crippen LogP contribution in [-0.2, 0) is 14.3 Å². The molecule has 0 saturated heterocycles. The number of aliphatic carboxylic acids is 1. The summed E-state index contributed by atoms with van der Waals surface area (Å²) in [6.07, 6.45) is 0.517. The van der Waals surface area contributed by atoms with Crippen LogP contribution in [0.3, 0.4) is 0 Å². The fourth-order valence-electron chi connectivity index (χ4n) is 1.76. The molecule has 0 bridgehead atoms. The molecule has 1 unspecified atom stereocenters. The predicted molar refractivity (Wildman–Crippen MR) is 76.5 cm³/mol. The molecule has 1 N–H and O–H groups in total. The molecule has 0 aliphatic carbocycles. The SMILES string of the molecule is CC(C)(C)C(=O)OCC(CCC(=O)O)c1ccccc1. The van der Waals surface area contributed by atoms with Gasteiger partial charge in [-0.15, -0.1) is 0 Å². The monoisotopic (exact) mass is 278 g/mol. The Morgan fingerprint density at radius 2 is 1.80 bits per heavy atom. The van der Waals surface area contributed by atoms with Crippen LogP contribution in [0.15, 0.2) is 30.3 Å². The number of ether oxygens (including phenoxy) is 1. The molecule has 1 aromatic carbocycles. The van der Waals surface area contributed by atoms with Crippen molar-refractivity contribution in [2.75, 3.05) is 6.61 Å². The minimum absolute atomic E-state index is 0.0621. The Hall–Kier alpha value is -1.84. The average molecular weight is 278 g/mol. The maximum Gasteiger partial charge on any atom is 0.311 e. The van der Waals surface area contributed by atoms with Gasteiger partial charge in [0.05, 0.1) is 12.0 Å². The lowest BCUT2D eigenvalue weighted by Gasteiger charge is -2.21. The number of carboxylic acid groups (broad SMARTS) is 1. The first-order valence-corrected chi connectivity index (χ1v) is 6.74. The quantitative estimate of drug-likeness (QED) is 0.811. The van der Waals surface area contributed by atoms with Crippen molar-refractivity contribution in [2.24, 2.45) is 5.41 Å². The van der Waals surface area contributed by atoms with Gasteiger partial charge in [-0.25, -0.2) is 0 Å². The smallest absolute Gasteiger partial charge is 0.311 e. The number of carboxylic acids is 1. The molecule has 0 heterocycles. The first-order chi connectivity index (χ1) is 9.30. The topological polar surface area (TPSA) is 63.6 Å². The van der Waals surface area contributed by atoms with E-state index in [0.717, 1.165) is 5.56 Å². The largest absolute Gasteiger partial charge is 0.481 e. The molecule has 1 aromatic rings. The van der Waals surface area contributed by atoms with Crippen molar-refractivity contribution >= 4 is 11.9 Å². The third kappa shape index (κ3) is 5.43. The van der Waals surface area contributed by atoms with Crippen LogP contribution in [0.2, 0.25) is 0 Å². The lowest BCUT2D eigenvalue weighted by Crippen LogP contribution is -2.25. The standard InChI is InChI=1S/C16H22O4/c1-16(2,3)15(19)20-11-13(9-10-14(17)18)12-7-5-4-6-8-12/h4-8,13H,9-11H2,1-3H3,(H,17,18). The third-order valence-corrected chi connectivity index (χ3v) is 3.01. The molecule has 0 saturated carbocycles. The molecule has 0 fully saturated rings. The Morgan fingerprint density at radius 3 is 2.30 bits per heavy atom. The summed E-state index contributed by atoms with van der Waals surface area (Å²) in [5.74, 6) is -1.19. The molecule has 1 atom stereocenters. The highest BCUT2D eigenvalue weighted by Gasteiger charge is 2.24. The van der Waals surface area contributed by atoms with Crippen molar-refractivity contribution in [3.8, 4) is 0 Å². The zero-order valence-electron chi connectivity index (χ0n) is 12.3. The zero-order chi connectivity index (χ0) is 15.2. The number of benzene rings is 1. The third-order valence-electron chi connectivity index (χ3n) is 3.01. The molecule has 0 aliphatic rings. The van der Waals surface area contributed by atoms with Gasteiger partial charge in [-0.1, -0.05) is 30.3 Å². The van der Waals surface area contributed by atoms with E-state index in [1.165, 1.54) is 0 Å². The van der Waals surface area contributed by atoms with E-state index in [1.54, 1.807) is 20.8 Å². The van der Waals surface area contributed by atoms with E-state index < -0.39 is 11.4 Å². The molecular formula is C16H22O4. The van der Waals surface area contributed by atoms with E-state index in [9.17, 15) is 9.59 Å². The molecule has 0 radical (unpaired) electrons. The number of esters is 1. The van der Waals surface area contributed by atoms with Gasteiger partial charge in [-0.3, -0.25) is 9.59 Å². The Morgan fingerprint density at radius 1 is 1.20 bits per heavy atom. The van der Waals surface area contributed by atoms with Gasteiger partial charge >= 0.3 is 11.9 Å². The summed E-state index contributed by atoms with van der Waals surface area (Å²) >= 11 is 0. The second kappa shape index (κ2) is 7.08. The lowest BCUT2D eigenvalue weighted by atomic mass is 9.94. The summed E-state index contributed by atoms with van der Waals surface area (Å²) in [5.41, 5.74) is 0.448. The fraction of sp³-hybridized carbons (Fsp3) is 0.500. The van der Waals surface area contributed by atoms with Gasteiger partial charge in [0, 0.05) is 12.3 Å². The van der Waals surface area contributed by atoms with Crippen molar-refractivity contribution in [1.29, 1.82) is 0 Å². The van der Waals surface area contributed by atoms with E-state index >= 15 is 0 Å². The van der Waals surface area contributed by atoms with E-state index in [1.807, 2.05) is 30.3 Å². The lowest BCUT2D eigenvalue weighted by molar-refractivity contribution is -0.153. The van der Waals surface area contributed by atoms with Gasteiger partial charge in [0.25, 0.3) is 0 Å². The summed E-state index contributed by atoms with van der Waals surface area (Å²) in [6.45, 7) is 5.60. The molecule has 20 heavy (non-hydrogen) atoms. The van der Waals surface area contributed by atoms with Crippen LogP contribution in [0.4, 0.5) is 0 Å². The van der Waals surface area contributed by atoms with E-state index in [0.29, 0.717) is 6.42 Å². The highest BCUT2D eigenvalue weighted by Crippen LogP contribution is 2.23. The molecule has 4 nitrogen and oxygen atoms in total. The van der Waals surface area contributed by atoms with Crippen LogP contribution in [0, 0.1) is 5.41 Å². The van der Waals surface area contributed by atoms with Crippen molar-refractivity contribution in [1.82, 2.24) is 0 Å². The van der Waals surface area contributed by atoms with Crippen LogP contribution in [0.25, 0.3) is 0 Å². The van der Waals surface area contributed by atoms with Crippen LogP contribution in [-0.4, -0.2) is 23.7 Å². The van der Waals surface area contributed by atoms with Gasteiger partial charge in [0.1, 0.15) is 0 Å². The second-order valence-electron chi connectivity index (χ2n) is 5.89. The number of carbonyl (C=O) groups excluding carboxylic acids is 1. The number of hydrogen-bond donors (Lipinski definition) is 1. The summed E-state index contributed by atoms with van der Waals surface area (Å²) in [7, 11) is 0. The molecule has 110 valence electrons. The van der Waals surface area contributed by atoms with Crippen LogP contribution in [0.1, 0.15) is 45.1 Å². The molecule has 0 amide bonds. The summed E-state index contributed by atoms with van der Waals surface area (Å²) < 4.78 is 5.32. The summed E-state index contributed by atoms with van der Waals surface area (Å²) in [5, 5.41) is 8.81. The average Bonchev–Trinajstić information content (AvgIpc) is 2.38. The molecule has 0 aromatic heterocycles. The summed E-state index contributed by atoms with van der Waals surface area (Å²) in [4.78, 5) is 22.5. The highest BCUT2D eigenvalue weighted by atomic mass is 16.5. The Bertz CT molecular complexity index is 445. The van der Waals surface area contributed by atoms with Crippen LogP contribution >= 0.6 is 0 Å². The van der Waals surface area contributed by atoms with Gasteiger partial charge in [-0.2, -0.15) is 0 Å². The zero-order valence-corrected chi connectivity index (χ0v) is 12.3. The van der Waals surface area contributed by atoms with Crippen molar-refractivity contribution in [3.05, 3.63) is 35.9 Å². The minimum Gasteiger partial charge on any atom is -0.481 e. The maximum atomic E-state index is 11.8. The van der Waals surface area contributed by atoms with Gasteiger partial charge < -0.3 is 9.84 Å². The highest BCUT2D eigenvalue weighted by molar-refractivity contribution is 5.75. The Kier molecular flexibility index (Phi) is 5.74. The first-order valence-electron chi connectivity index (χ1n) is 6.74. The molecule has 0 spiro atoms. The minimum atomic E-state index is -0.840. The Balaban J connectivity index is 2.69. The molecule has 4 heteroatoms. The van der Waals surface area contributed by atoms with Gasteiger partial charge in [0.15, 0.2) is 0 Å². The predicted octanol–water partition coefficient (Wildman–Crippen LogP) is 3.22. The number of carbonyl (C=O) groups is 2. The molecule has 0 aliphatic heterocycles. The van der Waals surface area contributed by atoms with Gasteiger partial charge in [-0.05, 0) is 32.8 Å². The number of rotatable bonds is 6. The fourth-order valence-corrected chi connectivity index (χ4v) is 1.76. The second-order valence-corrected chi connectivity index (χ2v) is 5.89. The maximum absolute atomic E-state index is 11.8. The van der Waals surface area contributed by atoms with Crippen molar-refractivity contribution in [3.63, 3.8) is 0 Å². The first kappa shape index (κ1) is 16.2.